The average Bonchev–Trinajstić information content (AvgIpc) is 3.27. The van der Waals surface area contributed by atoms with Gasteiger partial charge in [-0.15, -0.1) is 0 Å². The highest BCUT2D eigenvalue weighted by atomic mass is 16.5. The van der Waals surface area contributed by atoms with Crippen LogP contribution in [0.25, 0.3) is 0 Å². The van der Waals surface area contributed by atoms with Crippen LogP contribution in [0.15, 0.2) is 66.7 Å². The monoisotopic (exact) mass is 460 g/mol. The summed E-state index contributed by atoms with van der Waals surface area (Å²) in [5, 5.41) is 3.00. The molecular weight excluding hydrogens is 432 g/mol. The number of nitrogens with one attached hydrogen (secondary N) is 1. The van der Waals surface area contributed by atoms with Gasteiger partial charge < -0.3 is 19.5 Å². The predicted octanol–water partition coefficient (Wildman–Crippen LogP) is 3.64. The topological polar surface area (TPSA) is 77.1 Å². The Labute approximate surface area is 199 Å². The van der Waals surface area contributed by atoms with Crippen LogP contribution >= 0.6 is 0 Å². The third-order valence-electron chi connectivity index (χ3n) is 5.96. The Morgan fingerprint density at radius 1 is 0.912 bits per heavy atom. The second kappa shape index (κ2) is 10.3. The zero-order valence-electron chi connectivity index (χ0n) is 19.5. The first-order chi connectivity index (χ1) is 16.6. The number of carbonyl (C=O) groups excluding carboxylic acids is 2. The largest absolute Gasteiger partial charge is 0.493 e. The Bertz CT molecular complexity index is 1150. The molecule has 7 nitrogen and oxygen atoms in total. The summed E-state index contributed by atoms with van der Waals surface area (Å²) < 4.78 is 16.2. The number of nitrogens with zero attached hydrogens (tertiary/aromatic N) is 1. The van der Waals surface area contributed by atoms with Gasteiger partial charge in [-0.2, -0.15) is 0 Å². The number of hydrogen-bond acceptors (Lipinski definition) is 5. The fourth-order valence-electron chi connectivity index (χ4n) is 4.29. The highest BCUT2D eigenvalue weighted by Crippen LogP contribution is 2.38. The van der Waals surface area contributed by atoms with E-state index in [0.717, 1.165) is 16.8 Å². The highest BCUT2D eigenvalue weighted by Gasteiger charge is 2.38. The molecule has 0 unspecified atom stereocenters. The van der Waals surface area contributed by atoms with Crippen molar-refractivity contribution in [2.24, 2.45) is 0 Å². The van der Waals surface area contributed by atoms with Crippen molar-refractivity contribution in [3.05, 3.63) is 83.4 Å². The second-order valence-corrected chi connectivity index (χ2v) is 7.96. The normalized spacial score (nSPS) is 14.3. The molecule has 3 aromatic carbocycles. The van der Waals surface area contributed by atoms with Crippen LogP contribution < -0.4 is 24.4 Å². The number of fused-ring (bicyclic) bond motifs is 1. The van der Waals surface area contributed by atoms with Gasteiger partial charge in [0.2, 0.25) is 11.7 Å². The molecule has 0 radical (unpaired) electrons. The Morgan fingerprint density at radius 3 is 2.21 bits per heavy atom. The Hall–Kier alpha value is -4.00. The summed E-state index contributed by atoms with van der Waals surface area (Å²) in [4.78, 5) is 28.2. The van der Waals surface area contributed by atoms with Gasteiger partial charge in [-0.25, -0.2) is 0 Å². The minimum absolute atomic E-state index is 0.185. The number of ether oxygens (including phenoxy) is 3. The highest BCUT2D eigenvalue weighted by molar-refractivity contribution is 6.11. The van der Waals surface area contributed by atoms with Crippen LogP contribution in [0.1, 0.15) is 21.5 Å². The van der Waals surface area contributed by atoms with Crippen LogP contribution in [0.3, 0.4) is 0 Å². The molecule has 0 fully saturated rings. The third kappa shape index (κ3) is 4.55. The van der Waals surface area contributed by atoms with Crippen molar-refractivity contribution in [2.45, 2.75) is 18.9 Å². The number of amides is 2. The third-order valence-corrected chi connectivity index (χ3v) is 5.96. The van der Waals surface area contributed by atoms with E-state index in [9.17, 15) is 9.59 Å². The summed E-state index contributed by atoms with van der Waals surface area (Å²) in [6.07, 6.45) is 1.04. The lowest BCUT2D eigenvalue weighted by Crippen LogP contribution is -2.48. The van der Waals surface area contributed by atoms with Crippen LogP contribution in [0.5, 0.6) is 17.2 Å². The van der Waals surface area contributed by atoms with Crippen molar-refractivity contribution in [1.82, 2.24) is 5.32 Å². The fraction of sp³-hybridized carbons (Fsp3) is 0.259. The van der Waals surface area contributed by atoms with E-state index in [-0.39, 0.29) is 11.8 Å². The lowest BCUT2D eigenvalue weighted by molar-refractivity contribution is -0.122. The number of carbonyl (C=O) groups is 2. The molecule has 0 spiro atoms. The first-order valence-electron chi connectivity index (χ1n) is 11.1. The van der Waals surface area contributed by atoms with Crippen molar-refractivity contribution in [2.75, 3.05) is 32.8 Å². The van der Waals surface area contributed by atoms with Gasteiger partial charge in [0.15, 0.2) is 11.5 Å². The van der Waals surface area contributed by atoms with Gasteiger partial charge in [-0.05, 0) is 47.9 Å². The molecule has 1 atom stereocenters. The molecule has 3 aromatic rings. The van der Waals surface area contributed by atoms with Gasteiger partial charge in [-0.3, -0.25) is 14.5 Å². The zero-order valence-corrected chi connectivity index (χ0v) is 19.5. The molecule has 0 aromatic heterocycles. The van der Waals surface area contributed by atoms with Crippen LogP contribution in [0.2, 0.25) is 0 Å². The molecule has 0 saturated heterocycles. The fourth-order valence-corrected chi connectivity index (χ4v) is 4.29. The van der Waals surface area contributed by atoms with Crippen molar-refractivity contribution in [3.63, 3.8) is 0 Å². The first-order valence-corrected chi connectivity index (χ1v) is 11.1. The quantitative estimate of drug-likeness (QED) is 0.555. The molecule has 0 bridgehead atoms. The van der Waals surface area contributed by atoms with E-state index >= 15 is 0 Å². The summed E-state index contributed by atoms with van der Waals surface area (Å²) in [5.41, 5.74) is 3.24. The lowest BCUT2D eigenvalue weighted by atomic mass is 10.1. The number of hydrogen-bond donors (Lipinski definition) is 1. The number of para-hydroxylation sites is 1. The van der Waals surface area contributed by atoms with Crippen LogP contribution in [-0.4, -0.2) is 45.7 Å². The van der Waals surface area contributed by atoms with Crippen molar-refractivity contribution < 1.29 is 23.8 Å². The minimum Gasteiger partial charge on any atom is -0.493 e. The second-order valence-electron chi connectivity index (χ2n) is 7.96. The Balaban J connectivity index is 1.49. The average molecular weight is 461 g/mol. The number of rotatable bonds is 8. The van der Waals surface area contributed by atoms with E-state index in [1.54, 1.807) is 38.4 Å². The van der Waals surface area contributed by atoms with Gasteiger partial charge in [0.05, 0.1) is 21.3 Å². The van der Waals surface area contributed by atoms with Crippen LogP contribution in [0.4, 0.5) is 5.69 Å². The SMILES string of the molecule is COc1cc(CCNC(=O)[C@@H]2Cc3ccccc3N2C(=O)c2ccccc2)cc(OC)c1OC. The van der Waals surface area contributed by atoms with Gasteiger partial charge in [0.1, 0.15) is 6.04 Å². The van der Waals surface area contributed by atoms with E-state index in [2.05, 4.69) is 5.32 Å². The summed E-state index contributed by atoms with van der Waals surface area (Å²) in [6.45, 7) is 0.400. The lowest BCUT2D eigenvalue weighted by Gasteiger charge is -2.25. The molecule has 2 amide bonds. The summed E-state index contributed by atoms with van der Waals surface area (Å²) >= 11 is 0. The van der Waals surface area contributed by atoms with E-state index in [1.165, 1.54) is 0 Å². The van der Waals surface area contributed by atoms with Crippen molar-refractivity contribution in [3.8, 4) is 17.2 Å². The molecule has 0 saturated carbocycles. The molecule has 176 valence electrons. The number of anilines is 1. The van der Waals surface area contributed by atoms with E-state index in [1.807, 2.05) is 54.6 Å². The number of benzene rings is 3. The minimum atomic E-state index is -0.606. The summed E-state index contributed by atoms with van der Waals surface area (Å²) in [5.74, 6) is 1.28. The van der Waals surface area contributed by atoms with Crippen molar-refractivity contribution >= 4 is 17.5 Å². The van der Waals surface area contributed by atoms with Gasteiger partial charge >= 0.3 is 0 Å². The van der Waals surface area contributed by atoms with E-state index < -0.39 is 6.04 Å². The smallest absolute Gasteiger partial charge is 0.259 e. The molecule has 1 aliphatic heterocycles. The standard InChI is InChI=1S/C27H28N2O5/c1-32-23-15-18(16-24(33-2)25(23)34-3)13-14-28-26(30)22-17-20-11-7-8-12-21(20)29(22)27(31)19-9-5-4-6-10-19/h4-12,15-16,22H,13-14,17H2,1-3H3,(H,28,30)/t22-/m0/s1. The number of methoxy groups -OCH3 is 3. The van der Waals surface area contributed by atoms with Crippen molar-refractivity contribution in [1.29, 1.82) is 0 Å². The van der Waals surface area contributed by atoms with E-state index in [0.29, 0.717) is 42.2 Å². The molecule has 1 N–H and O–H groups in total. The maximum Gasteiger partial charge on any atom is 0.259 e. The molecular formula is C27H28N2O5. The van der Waals surface area contributed by atoms with E-state index in [4.69, 9.17) is 14.2 Å². The van der Waals surface area contributed by atoms with Crippen LogP contribution in [0, 0.1) is 0 Å². The molecule has 34 heavy (non-hydrogen) atoms. The predicted molar refractivity (Wildman–Crippen MR) is 130 cm³/mol. The summed E-state index contributed by atoms with van der Waals surface area (Å²) in [7, 11) is 4.69. The molecule has 4 rings (SSSR count). The molecule has 1 heterocycles. The molecule has 1 aliphatic rings. The summed E-state index contributed by atoms with van der Waals surface area (Å²) in [6, 6.07) is 19.8. The van der Waals surface area contributed by atoms with Crippen LogP contribution in [-0.2, 0) is 17.6 Å². The molecule has 0 aliphatic carbocycles. The zero-order chi connectivity index (χ0) is 24.1. The van der Waals surface area contributed by atoms with Gasteiger partial charge in [-0.1, -0.05) is 36.4 Å². The maximum absolute atomic E-state index is 13.3. The van der Waals surface area contributed by atoms with Gasteiger partial charge in [0.25, 0.3) is 5.91 Å². The first kappa shape index (κ1) is 23.2. The Morgan fingerprint density at radius 2 is 1.56 bits per heavy atom. The Kier molecular flexibility index (Phi) is 7.01. The van der Waals surface area contributed by atoms with Gasteiger partial charge in [0, 0.05) is 24.2 Å². The molecule has 7 heteroatoms. The maximum atomic E-state index is 13.3.